The van der Waals surface area contributed by atoms with Crippen molar-refractivity contribution in [2.45, 2.75) is 19.9 Å². The van der Waals surface area contributed by atoms with Gasteiger partial charge in [-0.25, -0.2) is 0 Å². The maximum atomic E-state index is 12.7. The third kappa shape index (κ3) is 4.91. The maximum absolute atomic E-state index is 12.7. The summed E-state index contributed by atoms with van der Waals surface area (Å²) in [6, 6.07) is 20.4. The van der Waals surface area contributed by atoms with Gasteiger partial charge in [-0.05, 0) is 72.5 Å². The minimum absolute atomic E-state index is 0.0356. The minimum Gasteiger partial charge on any atom is -0.497 e. The Morgan fingerprint density at radius 3 is 2.59 bits per heavy atom. The van der Waals surface area contributed by atoms with E-state index in [2.05, 4.69) is 10.6 Å². The first kappa shape index (κ1) is 21.4. The van der Waals surface area contributed by atoms with Gasteiger partial charge in [0.05, 0.1) is 13.0 Å². The number of fused-ring (bicyclic) bond motifs is 1. The Labute approximate surface area is 187 Å². The van der Waals surface area contributed by atoms with Crippen LogP contribution in [0.1, 0.15) is 27.0 Å². The second-order valence-electron chi connectivity index (χ2n) is 7.86. The third-order valence-corrected chi connectivity index (χ3v) is 5.66. The quantitative estimate of drug-likeness (QED) is 0.617. The normalized spacial score (nSPS) is 14.6. The summed E-state index contributed by atoms with van der Waals surface area (Å²) in [6.07, 6.45) is 0.557. The Hall–Kier alpha value is -3.80. The molecule has 0 unspecified atom stereocenters. The molecule has 164 valence electrons. The van der Waals surface area contributed by atoms with Crippen molar-refractivity contribution in [3.05, 3.63) is 89.0 Å². The number of hydrogen-bond donors (Lipinski definition) is 2. The van der Waals surface area contributed by atoms with Gasteiger partial charge in [-0.2, -0.15) is 0 Å². The van der Waals surface area contributed by atoms with Gasteiger partial charge < -0.3 is 20.1 Å². The van der Waals surface area contributed by atoms with Crippen molar-refractivity contribution in [3.63, 3.8) is 0 Å². The summed E-state index contributed by atoms with van der Waals surface area (Å²) in [4.78, 5) is 25.3. The monoisotopic (exact) mass is 430 g/mol. The molecule has 3 aromatic rings. The standard InChI is InChI=1S/C26H26N2O4/c1-17-5-3-4-6-19(17)15-27-25(29)21-13-20-14-22(9-12-24(20)32-16-21)28-26(30)18-7-10-23(31-2)11-8-18/h3-12,14,21H,13,15-16H2,1-2H3,(H,27,29)(H,28,30)/t21-/m0/s1. The molecule has 1 aliphatic heterocycles. The Morgan fingerprint density at radius 2 is 1.84 bits per heavy atom. The van der Waals surface area contributed by atoms with Crippen LogP contribution in [0.25, 0.3) is 0 Å². The number of benzene rings is 3. The number of ether oxygens (including phenoxy) is 2. The summed E-state index contributed by atoms with van der Waals surface area (Å²) in [5.41, 5.74) is 4.35. The van der Waals surface area contributed by atoms with E-state index < -0.39 is 0 Å². The first-order valence-electron chi connectivity index (χ1n) is 10.6. The van der Waals surface area contributed by atoms with Crippen LogP contribution in [0.2, 0.25) is 0 Å². The summed E-state index contributed by atoms with van der Waals surface area (Å²) in [7, 11) is 1.58. The van der Waals surface area contributed by atoms with Gasteiger partial charge in [-0.1, -0.05) is 24.3 Å². The Kier molecular flexibility index (Phi) is 6.40. The molecule has 0 radical (unpaired) electrons. The number of anilines is 1. The summed E-state index contributed by atoms with van der Waals surface area (Å²) < 4.78 is 10.9. The van der Waals surface area contributed by atoms with E-state index in [1.807, 2.05) is 43.3 Å². The zero-order valence-corrected chi connectivity index (χ0v) is 18.2. The molecule has 0 aromatic heterocycles. The van der Waals surface area contributed by atoms with E-state index in [0.717, 1.165) is 22.4 Å². The number of amides is 2. The van der Waals surface area contributed by atoms with Gasteiger partial charge in [0.15, 0.2) is 0 Å². The van der Waals surface area contributed by atoms with E-state index in [0.29, 0.717) is 36.6 Å². The molecule has 32 heavy (non-hydrogen) atoms. The summed E-state index contributed by atoms with van der Waals surface area (Å²) in [6.45, 7) is 2.86. The highest BCUT2D eigenvalue weighted by molar-refractivity contribution is 6.04. The van der Waals surface area contributed by atoms with Gasteiger partial charge in [0.25, 0.3) is 5.91 Å². The molecule has 4 rings (SSSR count). The number of methoxy groups -OCH3 is 1. The van der Waals surface area contributed by atoms with Gasteiger partial charge in [-0.3, -0.25) is 9.59 Å². The zero-order valence-electron chi connectivity index (χ0n) is 18.2. The first-order valence-corrected chi connectivity index (χ1v) is 10.6. The molecule has 1 aliphatic rings. The van der Waals surface area contributed by atoms with E-state index in [9.17, 15) is 9.59 Å². The van der Waals surface area contributed by atoms with Crippen LogP contribution >= 0.6 is 0 Å². The molecule has 6 nitrogen and oxygen atoms in total. The van der Waals surface area contributed by atoms with Gasteiger partial charge >= 0.3 is 0 Å². The van der Waals surface area contributed by atoms with Crippen LogP contribution in [0.4, 0.5) is 5.69 Å². The predicted octanol–water partition coefficient (Wildman–Crippen LogP) is 4.12. The Balaban J connectivity index is 1.39. The molecule has 3 aromatic carbocycles. The highest BCUT2D eigenvalue weighted by Crippen LogP contribution is 2.30. The molecular formula is C26H26N2O4. The second kappa shape index (κ2) is 9.56. The van der Waals surface area contributed by atoms with E-state index in [-0.39, 0.29) is 17.7 Å². The lowest BCUT2D eigenvalue weighted by Crippen LogP contribution is -2.37. The summed E-state index contributed by atoms with van der Waals surface area (Å²) in [5.74, 6) is 0.914. The smallest absolute Gasteiger partial charge is 0.255 e. The molecule has 0 bridgehead atoms. The van der Waals surface area contributed by atoms with Crippen LogP contribution in [0.3, 0.4) is 0 Å². The zero-order chi connectivity index (χ0) is 22.5. The lowest BCUT2D eigenvalue weighted by molar-refractivity contribution is -0.126. The van der Waals surface area contributed by atoms with Crippen LogP contribution in [0.5, 0.6) is 11.5 Å². The molecule has 2 amide bonds. The highest BCUT2D eigenvalue weighted by Gasteiger charge is 2.26. The first-order chi connectivity index (χ1) is 15.5. The number of carbonyl (C=O) groups excluding carboxylic acids is 2. The molecule has 1 heterocycles. The van der Waals surface area contributed by atoms with E-state index in [1.165, 1.54) is 0 Å². The van der Waals surface area contributed by atoms with Crippen LogP contribution < -0.4 is 20.1 Å². The Morgan fingerprint density at radius 1 is 1.06 bits per heavy atom. The van der Waals surface area contributed by atoms with Gasteiger partial charge in [0.2, 0.25) is 5.91 Å². The average Bonchev–Trinajstić information content (AvgIpc) is 2.83. The fraction of sp³-hybridized carbons (Fsp3) is 0.231. The Bertz CT molecular complexity index is 1120. The second-order valence-corrected chi connectivity index (χ2v) is 7.86. The number of hydrogen-bond acceptors (Lipinski definition) is 4. The minimum atomic E-state index is -0.279. The predicted molar refractivity (Wildman–Crippen MR) is 123 cm³/mol. The number of nitrogens with one attached hydrogen (secondary N) is 2. The fourth-order valence-electron chi connectivity index (χ4n) is 3.72. The fourth-order valence-corrected chi connectivity index (χ4v) is 3.72. The van der Waals surface area contributed by atoms with Crippen molar-refractivity contribution in [3.8, 4) is 11.5 Å². The molecule has 0 saturated heterocycles. The van der Waals surface area contributed by atoms with Crippen LogP contribution in [-0.4, -0.2) is 25.5 Å². The number of carbonyl (C=O) groups is 2. The van der Waals surface area contributed by atoms with Gasteiger partial charge in [-0.15, -0.1) is 0 Å². The van der Waals surface area contributed by atoms with Crippen LogP contribution in [0, 0.1) is 12.8 Å². The lowest BCUT2D eigenvalue weighted by Gasteiger charge is -2.25. The van der Waals surface area contributed by atoms with Crippen molar-refractivity contribution in [1.82, 2.24) is 5.32 Å². The van der Waals surface area contributed by atoms with Crippen LogP contribution in [-0.2, 0) is 17.8 Å². The van der Waals surface area contributed by atoms with Crippen molar-refractivity contribution in [2.24, 2.45) is 5.92 Å². The molecule has 0 saturated carbocycles. The van der Waals surface area contributed by atoms with Crippen molar-refractivity contribution in [2.75, 3.05) is 19.0 Å². The molecule has 0 aliphatic carbocycles. The molecule has 6 heteroatoms. The van der Waals surface area contributed by atoms with Crippen molar-refractivity contribution >= 4 is 17.5 Å². The highest BCUT2D eigenvalue weighted by atomic mass is 16.5. The lowest BCUT2D eigenvalue weighted by atomic mass is 9.95. The third-order valence-electron chi connectivity index (χ3n) is 5.66. The van der Waals surface area contributed by atoms with E-state index in [1.54, 1.807) is 37.4 Å². The van der Waals surface area contributed by atoms with Crippen molar-refractivity contribution in [1.29, 1.82) is 0 Å². The summed E-state index contributed by atoms with van der Waals surface area (Å²) >= 11 is 0. The molecular weight excluding hydrogens is 404 g/mol. The number of rotatable bonds is 6. The van der Waals surface area contributed by atoms with Gasteiger partial charge in [0, 0.05) is 17.8 Å². The largest absolute Gasteiger partial charge is 0.497 e. The van der Waals surface area contributed by atoms with E-state index in [4.69, 9.17) is 9.47 Å². The summed E-state index contributed by atoms with van der Waals surface area (Å²) in [5, 5.41) is 5.93. The average molecular weight is 431 g/mol. The topological polar surface area (TPSA) is 76.7 Å². The molecule has 1 atom stereocenters. The van der Waals surface area contributed by atoms with Crippen molar-refractivity contribution < 1.29 is 19.1 Å². The molecule has 0 fully saturated rings. The maximum Gasteiger partial charge on any atom is 0.255 e. The molecule has 2 N–H and O–H groups in total. The number of aryl methyl sites for hydroxylation is 1. The molecule has 0 spiro atoms. The van der Waals surface area contributed by atoms with Gasteiger partial charge in [0.1, 0.15) is 18.1 Å². The van der Waals surface area contributed by atoms with Crippen LogP contribution in [0.15, 0.2) is 66.7 Å². The van der Waals surface area contributed by atoms with E-state index >= 15 is 0 Å². The SMILES string of the molecule is COc1ccc(C(=O)Nc2ccc3c(c2)C[C@H](C(=O)NCc2ccccc2C)CO3)cc1.